The van der Waals surface area contributed by atoms with E-state index in [-0.39, 0.29) is 17.9 Å². The summed E-state index contributed by atoms with van der Waals surface area (Å²) >= 11 is 0. The molecule has 168 valence electrons. The number of allylic oxidation sites excluding steroid dienone is 1. The first-order valence-electron chi connectivity index (χ1n) is 12.6. The van der Waals surface area contributed by atoms with Crippen molar-refractivity contribution < 1.29 is 9.59 Å². The van der Waals surface area contributed by atoms with Crippen molar-refractivity contribution in [1.29, 1.82) is 0 Å². The Bertz CT molecular complexity index is 467. The van der Waals surface area contributed by atoms with E-state index in [2.05, 4.69) is 26.8 Å². The normalized spacial score (nSPS) is 16.1. The van der Waals surface area contributed by atoms with Gasteiger partial charge in [0.1, 0.15) is 0 Å². The lowest BCUT2D eigenvalue weighted by molar-refractivity contribution is -0.140. The molecule has 0 N–H and O–H groups in total. The number of nitrogens with zero attached hydrogens (tertiary/aromatic N) is 1. The van der Waals surface area contributed by atoms with Crippen LogP contribution in [0.1, 0.15) is 136 Å². The van der Waals surface area contributed by atoms with E-state index in [1.165, 1.54) is 89.0 Å². The Hall–Kier alpha value is -1.12. The third-order valence-electron chi connectivity index (χ3n) is 6.26. The van der Waals surface area contributed by atoms with Crippen molar-refractivity contribution in [1.82, 2.24) is 4.90 Å². The summed E-state index contributed by atoms with van der Waals surface area (Å²) in [5, 5.41) is 0. The maximum atomic E-state index is 12.1. The van der Waals surface area contributed by atoms with Gasteiger partial charge in [-0.15, -0.1) is 0 Å². The highest BCUT2D eigenvalue weighted by molar-refractivity contribution is 6.02. The van der Waals surface area contributed by atoms with Crippen LogP contribution in [0.4, 0.5) is 0 Å². The van der Waals surface area contributed by atoms with E-state index < -0.39 is 0 Å². The zero-order chi connectivity index (χ0) is 21.3. The molecular weight excluding hydrogens is 358 g/mol. The van der Waals surface area contributed by atoms with Crippen molar-refractivity contribution in [2.45, 2.75) is 142 Å². The van der Waals surface area contributed by atoms with Crippen molar-refractivity contribution in [2.75, 3.05) is 0 Å². The van der Waals surface area contributed by atoms with Crippen LogP contribution in [0.2, 0.25) is 0 Å². The number of carbonyl (C=O) groups excluding carboxylic acids is 2. The summed E-state index contributed by atoms with van der Waals surface area (Å²) in [5.41, 5.74) is 1.20. The van der Waals surface area contributed by atoms with Crippen LogP contribution in [0.3, 0.4) is 0 Å². The molecule has 1 saturated heterocycles. The summed E-state index contributed by atoms with van der Waals surface area (Å²) in [6.45, 7) is 6.50. The van der Waals surface area contributed by atoms with E-state index >= 15 is 0 Å². The molecule has 0 saturated carbocycles. The van der Waals surface area contributed by atoms with Gasteiger partial charge in [-0.05, 0) is 26.2 Å². The standard InChI is InChI=1S/C26H47NO2/c1-4-6-7-8-9-10-11-12-13-14-15-16-17-18-20-23(3)24(19-5-2)27-25(28)21-22-26(27)29/h20,24H,4-19,21-22H2,1-3H3. The Morgan fingerprint density at radius 2 is 1.21 bits per heavy atom. The second-order valence-corrected chi connectivity index (χ2v) is 8.94. The number of rotatable bonds is 18. The van der Waals surface area contributed by atoms with Crippen LogP contribution in [0.15, 0.2) is 11.6 Å². The number of imide groups is 1. The van der Waals surface area contributed by atoms with Gasteiger partial charge >= 0.3 is 0 Å². The van der Waals surface area contributed by atoms with Gasteiger partial charge in [-0.3, -0.25) is 14.5 Å². The first-order valence-corrected chi connectivity index (χ1v) is 12.6. The second-order valence-electron chi connectivity index (χ2n) is 8.94. The van der Waals surface area contributed by atoms with Crippen molar-refractivity contribution >= 4 is 11.8 Å². The summed E-state index contributed by atoms with van der Waals surface area (Å²) in [5.74, 6) is 0.0318. The van der Waals surface area contributed by atoms with E-state index in [0.717, 1.165) is 19.3 Å². The lowest BCUT2D eigenvalue weighted by atomic mass is 9.99. The van der Waals surface area contributed by atoms with Gasteiger partial charge in [-0.1, -0.05) is 109 Å². The molecule has 0 aromatic heterocycles. The molecule has 0 radical (unpaired) electrons. The van der Waals surface area contributed by atoms with Crippen LogP contribution in [0, 0.1) is 0 Å². The van der Waals surface area contributed by atoms with Crippen molar-refractivity contribution in [3.63, 3.8) is 0 Å². The number of hydrogen-bond donors (Lipinski definition) is 0. The van der Waals surface area contributed by atoms with Gasteiger partial charge in [0, 0.05) is 12.8 Å². The molecule has 1 rings (SSSR count). The molecule has 2 amide bonds. The van der Waals surface area contributed by atoms with Crippen molar-refractivity contribution in [3.05, 3.63) is 11.6 Å². The zero-order valence-corrected chi connectivity index (χ0v) is 19.6. The Morgan fingerprint density at radius 3 is 1.66 bits per heavy atom. The van der Waals surface area contributed by atoms with Crippen LogP contribution < -0.4 is 0 Å². The monoisotopic (exact) mass is 405 g/mol. The fourth-order valence-corrected chi connectivity index (χ4v) is 4.40. The Balaban J connectivity index is 2.09. The lowest BCUT2D eigenvalue weighted by Gasteiger charge is -2.27. The lowest BCUT2D eigenvalue weighted by Crippen LogP contribution is -2.40. The minimum atomic E-state index is -0.00975. The first kappa shape index (κ1) is 25.9. The summed E-state index contributed by atoms with van der Waals surface area (Å²) in [7, 11) is 0. The SMILES string of the molecule is CCCCCCCCCCCCCCCC=C(C)C(CCC)N1C(=O)CCC1=O. The number of likely N-dealkylation sites (tertiary alicyclic amines) is 1. The van der Waals surface area contributed by atoms with Crippen LogP contribution in [-0.4, -0.2) is 22.8 Å². The van der Waals surface area contributed by atoms with Crippen molar-refractivity contribution in [3.8, 4) is 0 Å². The van der Waals surface area contributed by atoms with Crippen LogP contribution >= 0.6 is 0 Å². The average Bonchev–Trinajstić information content (AvgIpc) is 3.04. The van der Waals surface area contributed by atoms with Crippen LogP contribution in [0.5, 0.6) is 0 Å². The van der Waals surface area contributed by atoms with E-state index in [4.69, 9.17) is 0 Å². The van der Waals surface area contributed by atoms with Gasteiger partial charge < -0.3 is 0 Å². The zero-order valence-electron chi connectivity index (χ0n) is 19.6. The van der Waals surface area contributed by atoms with Crippen LogP contribution in [0.25, 0.3) is 0 Å². The predicted octanol–water partition coefficient (Wildman–Crippen LogP) is 7.73. The molecule has 1 heterocycles. The van der Waals surface area contributed by atoms with Gasteiger partial charge in [-0.25, -0.2) is 0 Å². The Morgan fingerprint density at radius 1 is 0.759 bits per heavy atom. The largest absolute Gasteiger partial charge is 0.275 e. The molecule has 1 atom stereocenters. The van der Waals surface area contributed by atoms with E-state index in [1.54, 1.807) is 4.90 Å². The number of amides is 2. The van der Waals surface area contributed by atoms with Gasteiger partial charge in [0.15, 0.2) is 0 Å². The molecule has 0 aromatic carbocycles. The molecule has 1 unspecified atom stereocenters. The van der Waals surface area contributed by atoms with Gasteiger partial charge in [0.2, 0.25) is 11.8 Å². The molecule has 0 aliphatic carbocycles. The summed E-state index contributed by atoms with van der Waals surface area (Å²) in [4.78, 5) is 25.7. The third kappa shape index (κ3) is 11.0. The second kappa shape index (κ2) is 16.7. The fraction of sp³-hybridized carbons (Fsp3) is 0.846. The first-order chi connectivity index (χ1) is 14.1. The smallest absolute Gasteiger partial charge is 0.230 e. The van der Waals surface area contributed by atoms with E-state index in [0.29, 0.717) is 12.8 Å². The molecule has 0 aromatic rings. The Kier molecular flexibility index (Phi) is 14.9. The van der Waals surface area contributed by atoms with Crippen LogP contribution in [-0.2, 0) is 9.59 Å². The molecule has 3 heteroatoms. The average molecular weight is 406 g/mol. The maximum absolute atomic E-state index is 12.1. The molecule has 3 nitrogen and oxygen atoms in total. The topological polar surface area (TPSA) is 37.4 Å². The summed E-state index contributed by atoms with van der Waals surface area (Å²) < 4.78 is 0. The molecular formula is C26H47NO2. The molecule has 29 heavy (non-hydrogen) atoms. The number of unbranched alkanes of at least 4 members (excludes halogenated alkanes) is 13. The minimum absolute atomic E-state index is 0.00975. The predicted molar refractivity (Wildman–Crippen MR) is 124 cm³/mol. The summed E-state index contributed by atoms with van der Waals surface area (Å²) in [6, 6.07) is -0.00975. The highest BCUT2D eigenvalue weighted by Gasteiger charge is 2.34. The summed E-state index contributed by atoms with van der Waals surface area (Å²) in [6.07, 6.45) is 23.9. The van der Waals surface area contributed by atoms with E-state index in [1.807, 2.05) is 0 Å². The quantitative estimate of drug-likeness (QED) is 0.133. The molecule has 1 fully saturated rings. The molecule has 1 aliphatic heterocycles. The highest BCUT2D eigenvalue weighted by Crippen LogP contribution is 2.24. The van der Waals surface area contributed by atoms with Gasteiger partial charge in [0.05, 0.1) is 6.04 Å². The highest BCUT2D eigenvalue weighted by atomic mass is 16.2. The maximum Gasteiger partial charge on any atom is 0.230 e. The minimum Gasteiger partial charge on any atom is -0.275 e. The number of hydrogen-bond acceptors (Lipinski definition) is 2. The van der Waals surface area contributed by atoms with Crippen molar-refractivity contribution in [2.24, 2.45) is 0 Å². The molecule has 1 aliphatic rings. The number of carbonyl (C=O) groups is 2. The molecule has 0 spiro atoms. The fourth-order valence-electron chi connectivity index (χ4n) is 4.40. The van der Waals surface area contributed by atoms with Gasteiger partial charge in [-0.2, -0.15) is 0 Å². The van der Waals surface area contributed by atoms with E-state index in [9.17, 15) is 9.59 Å². The molecule has 0 bridgehead atoms. The van der Waals surface area contributed by atoms with Gasteiger partial charge in [0.25, 0.3) is 0 Å². The Labute approximate surface area is 180 Å². The third-order valence-corrected chi connectivity index (χ3v) is 6.26.